The van der Waals surface area contributed by atoms with Gasteiger partial charge in [0.25, 0.3) is 0 Å². The van der Waals surface area contributed by atoms with Gasteiger partial charge in [-0.05, 0) is 49.1 Å². The van der Waals surface area contributed by atoms with Crippen LogP contribution in [0.4, 0.5) is 0 Å². The number of amides is 2. The van der Waals surface area contributed by atoms with Gasteiger partial charge in [-0.1, -0.05) is 55.8 Å². The number of hydrogen-bond donors (Lipinski definition) is 1. The first-order chi connectivity index (χ1) is 14.4. The van der Waals surface area contributed by atoms with Gasteiger partial charge in [-0.15, -0.1) is 0 Å². The van der Waals surface area contributed by atoms with E-state index in [1.807, 2.05) is 63.2 Å². The number of rotatable bonds is 10. The molecular formula is C24H31ClN2O3. The van der Waals surface area contributed by atoms with Gasteiger partial charge in [0.05, 0.1) is 13.5 Å². The Bertz CT molecular complexity index is 856. The minimum Gasteiger partial charge on any atom is -0.497 e. The normalized spacial score (nSPS) is 12.7. The van der Waals surface area contributed by atoms with Gasteiger partial charge >= 0.3 is 0 Å². The van der Waals surface area contributed by atoms with Crippen molar-refractivity contribution in [2.45, 2.75) is 58.7 Å². The van der Waals surface area contributed by atoms with Crippen molar-refractivity contribution in [2.24, 2.45) is 0 Å². The molecule has 30 heavy (non-hydrogen) atoms. The fourth-order valence-corrected chi connectivity index (χ4v) is 3.44. The van der Waals surface area contributed by atoms with Crippen LogP contribution in [0.25, 0.3) is 0 Å². The van der Waals surface area contributed by atoms with E-state index in [0.717, 1.165) is 17.5 Å². The molecule has 0 aliphatic rings. The van der Waals surface area contributed by atoms with Crippen LogP contribution in [-0.2, 0) is 22.6 Å². The van der Waals surface area contributed by atoms with Crippen LogP contribution in [0.15, 0.2) is 48.5 Å². The fourth-order valence-electron chi connectivity index (χ4n) is 3.23. The lowest BCUT2D eigenvalue weighted by Gasteiger charge is -2.31. The second kappa shape index (κ2) is 11.6. The molecule has 2 aromatic carbocycles. The molecule has 0 heterocycles. The number of hydrogen-bond acceptors (Lipinski definition) is 3. The highest BCUT2D eigenvalue weighted by Crippen LogP contribution is 2.21. The molecule has 162 valence electrons. The summed E-state index contributed by atoms with van der Waals surface area (Å²) in [7, 11) is 1.61. The lowest BCUT2D eigenvalue weighted by molar-refractivity contribution is -0.141. The maximum absolute atomic E-state index is 13.3. The Morgan fingerprint density at radius 1 is 1.10 bits per heavy atom. The van der Waals surface area contributed by atoms with Crippen LogP contribution in [0.1, 0.15) is 44.7 Å². The fraction of sp³-hybridized carbons (Fsp3) is 0.417. The molecule has 2 amide bonds. The second-order valence-electron chi connectivity index (χ2n) is 7.38. The summed E-state index contributed by atoms with van der Waals surface area (Å²) < 4.78 is 5.31. The zero-order chi connectivity index (χ0) is 22.1. The SMILES string of the molecule is CC[C@H](C(=O)N[C@@H](C)CC)N(Cc1cccc(OC)c1)C(=O)Cc1ccccc1Cl. The maximum atomic E-state index is 13.3. The average Bonchev–Trinajstić information content (AvgIpc) is 2.75. The molecule has 2 aromatic rings. The van der Waals surface area contributed by atoms with E-state index in [-0.39, 0.29) is 24.3 Å². The minimum absolute atomic E-state index is 0.0453. The molecule has 6 heteroatoms. The molecule has 0 saturated carbocycles. The number of nitrogens with zero attached hydrogens (tertiary/aromatic N) is 1. The Labute approximate surface area is 184 Å². The van der Waals surface area contributed by atoms with Crippen LogP contribution >= 0.6 is 11.6 Å². The molecule has 0 fully saturated rings. The molecular weight excluding hydrogens is 400 g/mol. The highest BCUT2D eigenvalue weighted by atomic mass is 35.5. The molecule has 2 rings (SSSR count). The first kappa shape index (κ1) is 23.7. The largest absolute Gasteiger partial charge is 0.497 e. The lowest BCUT2D eigenvalue weighted by Crippen LogP contribution is -2.51. The Kier molecular flexibility index (Phi) is 9.18. The summed E-state index contributed by atoms with van der Waals surface area (Å²) in [6, 6.07) is 14.3. The first-order valence-corrected chi connectivity index (χ1v) is 10.7. The van der Waals surface area contributed by atoms with Gasteiger partial charge < -0.3 is 15.0 Å². The van der Waals surface area contributed by atoms with Crippen LogP contribution in [0.2, 0.25) is 5.02 Å². The summed E-state index contributed by atoms with van der Waals surface area (Å²) in [5, 5.41) is 3.56. The quantitative estimate of drug-likeness (QED) is 0.598. The van der Waals surface area contributed by atoms with Crippen molar-refractivity contribution < 1.29 is 14.3 Å². The van der Waals surface area contributed by atoms with Gasteiger partial charge in [0.2, 0.25) is 11.8 Å². The molecule has 1 N–H and O–H groups in total. The number of nitrogens with one attached hydrogen (secondary N) is 1. The van der Waals surface area contributed by atoms with E-state index in [0.29, 0.717) is 23.7 Å². The Morgan fingerprint density at radius 2 is 1.83 bits per heavy atom. The van der Waals surface area contributed by atoms with Gasteiger partial charge in [0.15, 0.2) is 0 Å². The van der Waals surface area contributed by atoms with Crippen LogP contribution < -0.4 is 10.1 Å². The standard InChI is InChI=1S/C24H31ClN2O3/c1-5-17(3)26-24(29)22(6-2)27(16-18-10-9-12-20(14-18)30-4)23(28)15-19-11-7-8-13-21(19)25/h7-14,17,22H,5-6,15-16H2,1-4H3,(H,26,29)/t17-,22+/m0/s1. The van der Waals surface area contributed by atoms with Crippen molar-refractivity contribution in [1.29, 1.82) is 0 Å². The van der Waals surface area contributed by atoms with Gasteiger partial charge in [0.1, 0.15) is 11.8 Å². The van der Waals surface area contributed by atoms with Gasteiger partial charge in [-0.3, -0.25) is 9.59 Å². The van der Waals surface area contributed by atoms with Crippen molar-refractivity contribution in [2.75, 3.05) is 7.11 Å². The predicted molar refractivity (Wildman–Crippen MR) is 121 cm³/mol. The molecule has 0 spiro atoms. The van der Waals surface area contributed by atoms with E-state index < -0.39 is 6.04 Å². The number of carbonyl (C=O) groups excluding carboxylic acids is 2. The third-order valence-electron chi connectivity index (χ3n) is 5.17. The monoisotopic (exact) mass is 430 g/mol. The molecule has 0 aromatic heterocycles. The molecule has 0 aliphatic carbocycles. The molecule has 0 bridgehead atoms. The Balaban J connectivity index is 2.33. The summed E-state index contributed by atoms with van der Waals surface area (Å²) >= 11 is 6.27. The van der Waals surface area contributed by atoms with Crippen molar-refractivity contribution in [1.82, 2.24) is 10.2 Å². The second-order valence-corrected chi connectivity index (χ2v) is 7.79. The average molecular weight is 431 g/mol. The van der Waals surface area contributed by atoms with E-state index in [2.05, 4.69) is 5.32 Å². The summed E-state index contributed by atoms with van der Waals surface area (Å²) in [5.74, 6) is 0.433. The summed E-state index contributed by atoms with van der Waals surface area (Å²) in [6.45, 7) is 6.21. The van der Waals surface area contributed by atoms with Crippen LogP contribution in [0, 0.1) is 0 Å². The third kappa shape index (κ3) is 6.49. The van der Waals surface area contributed by atoms with Gasteiger partial charge in [-0.25, -0.2) is 0 Å². The van der Waals surface area contributed by atoms with E-state index in [9.17, 15) is 9.59 Å². The van der Waals surface area contributed by atoms with Crippen LogP contribution in [0.5, 0.6) is 5.75 Å². The van der Waals surface area contributed by atoms with E-state index >= 15 is 0 Å². The van der Waals surface area contributed by atoms with Crippen molar-refractivity contribution >= 4 is 23.4 Å². The smallest absolute Gasteiger partial charge is 0.243 e. The number of carbonyl (C=O) groups is 2. The van der Waals surface area contributed by atoms with Crippen LogP contribution in [-0.4, -0.2) is 35.9 Å². The van der Waals surface area contributed by atoms with Gasteiger partial charge in [-0.2, -0.15) is 0 Å². The predicted octanol–water partition coefficient (Wildman–Crippen LogP) is 4.61. The number of halogens is 1. The van der Waals surface area contributed by atoms with E-state index in [1.54, 1.807) is 18.1 Å². The highest BCUT2D eigenvalue weighted by molar-refractivity contribution is 6.31. The zero-order valence-electron chi connectivity index (χ0n) is 18.2. The van der Waals surface area contributed by atoms with Crippen molar-refractivity contribution in [3.63, 3.8) is 0 Å². The number of benzene rings is 2. The molecule has 0 saturated heterocycles. The summed E-state index contributed by atoms with van der Waals surface area (Å²) in [6.07, 6.45) is 1.48. The molecule has 5 nitrogen and oxygen atoms in total. The third-order valence-corrected chi connectivity index (χ3v) is 5.54. The number of ether oxygens (including phenoxy) is 1. The molecule has 2 atom stereocenters. The van der Waals surface area contributed by atoms with Crippen molar-refractivity contribution in [3.8, 4) is 5.75 Å². The van der Waals surface area contributed by atoms with Crippen molar-refractivity contribution in [3.05, 3.63) is 64.7 Å². The summed E-state index contributed by atoms with van der Waals surface area (Å²) in [4.78, 5) is 28.0. The Hall–Kier alpha value is -2.53. The Morgan fingerprint density at radius 3 is 2.47 bits per heavy atom. The van der Waals surface area contributed by atoms with Crippen LogP contribution in [0.3, 0.4) is 0 Å². The lowest BCUT2D eigenvalue weighted by atomic mass is 10.1. The molecule has 0 radical (unpaired) electrons. The number of methoxy groups -OCH3 is 1. The van der Waals surface area contributed by atoms with E-state index in [1.165, 1.54) is 0 Å². The highest BCUT2D eigenvalue weighted by Gasteiger charge is 2.29. The maximum Gasteiger partial charge on any atom is 0.243 e. The molecule has 0 aliphatic heterocycles. The molecule has 0 unspecified atom stereocenters. The topological polar surface area (TPSA) is 58.6 Å². The minimum atomic E-state index is -0.569. The summed E-state index contributed by atoms with van der Waals surface area (Å²) in [5.41, 5.74) is 1.65. The first-order valence-electron chi connectivity index (χ1n) is 10.4. The van der Waals surface area contributed by atoms with Gasteiger partial charge in [0, 0.05) is 17.6 Å². The zero-order valence-corrected chi connectivity index (χ0v) is 18.9. The van der Waals surface area contributed by atoms with E-state index in [4.69, 9.17) is 16.3 Å².